The second kappa shape index (κ2) is 10.1. The molecule has 2 atom stereocenters. The molecule has 0 saturated heterocycles. The van der Waals surface area contributed by atoms with E-state index < -0.39 is 5.97 Å². The minimum atomic E-state index is -0.456. The van der Waals surface area contributed by atoms with Gasteiger partial charge in [0.25, 0.3) is 0 Å². The minimum Gasteiger partial charge on any atom is -0.493 e. The van der Waals surface area contributed by atoms with Crippen LogP contribution in [0.15, 0.2) is 17.2 Å². The molecular formula is C19H27N3O4S. The van der Waals surface area contributed by atoms with E-state index in [-0.39, 0.29) is 5.75 Å². The lowest BCUT2D eigenvalue weighted by Gasteiger charge is -2.30. The maximum atomic E-state index is 11.3. The van der Waals surface area contributed by atoms with Crippen LogP contribution in [0.25, 0.3) is 0 Å². The van der Waals surface area contributed by atoms with E-state index in [1.54, 1.807) is 18.3 Å². The molecule has 0 radical (unpaired) electrons. The van der Waals surface area contributed by atoms with Crippen molar-refractivity contribution in [2.45, 2.75) is 45.6 Å². The van der Waals surface area contributed by atoms with Crippen LogP contribution in [0.5, 0.6) is 17.2 Å². The Kier molecular flexibility index (Phi) is 7.84. The number of nitrogens with zero attached hydrogens (tertiary/aromatic N) is 1. The van der Waals surface area contributed by atoms with E-state index in [4.69, 9.17) is 26.4 Å². The summed E-state index contributed by atoms with van der Waals surface area (Å²) in [7, 11) is 2.98. The number of carbonyl (C=O) groups is 1. The van der Waals surface area contributed by atoms with Gasteiger partial charge in [0.1, 0.15) is 0 Å². The molecule has 7 nitrogen and oxygen atoms in total. The first-order valence-corrected chi connectivity index (χ1v) is 9.39. The van der Waals surface area contributed by atoms with Crippen LogP contribution in [-0.2, 0) is 4.79 Å². The first-order valence-electron chi connectivity index (χ1n) is 8.98. The summed E-state index contributed by atoms with van der Waals surface area (Å²) in [5.74, 6) is 1.14. The van der Waals surface area contributed by atoms with Gasteiger partial charge in [0.15, 0.2) is 16.6 Å². The van der Waals surface area contributed by atoms with E-state index in [0.29, 0.717) is 34.1 Å². The first kappa shape index (κ1) is 21.0. The number of thiocarbonyl (C=S) groups is 1. The molecule has 1 aliphatic carbocycles. The van der Waals surface area contributed by atoms with Crippen molar-refractivity contribution >= 4 is 29.5 Å². The summed E-state index contributed by atoms with van der Waals surface area (Å²) < 4.78 is 15.8. The maximum absolute atomic E-state index is 11.3. The number of rotatable bonds is 6. The molecular weight excluding hydrogens is 366 g/mol. The highest BCUT2D eigenvalue weighted by Crippen LogP contribution is 2.38. The van der Waals surface area contributed by atoms with Crippen molar-refractivity contribution in [1.29, 1.82) is 0 Å². The molecule has 0 bridgehead atoms. The van der Waals surface area contributed by atoms with Crippen LogP contribution in [0, 0.1) is 5.92 Å². The largest absolute Gasteiger partial charge is 0.493 e. The Bertz CT molecular complexity index is 683. The van der Waals surface area contributed by atoms with Gasteiger partial charge in [-0.25, -0.2) is 0 Å². The van der Waals surface area contributed by atoms with Crippen LogP contribution in [-0.4, -0.2) is 37.6 Å². The molecule has 0 spiro atoms. The molecule has 1 aromatic carbocycles. The Morgan fingerprint density at radius 1 is 1.22 bits per heavy atom. The van der Waals surface area contributed by atoms with Gasteiger partial charge in [-0.3, -0.25) is 10.2 Å². The SMILES string of the molecule is COc1cc(/C=N\NC(=S)N[C@H]2CCCC[C@H]2C)cc(OC)c1OC(C)=O. The third kappa shape index (κ3) is 6.09. The van der Waals surface area contributed by atoms with Gasteiger partial charge in [0, 0.05) is 18.5 Å². The average Bonchev–Trinajstić information content (AvgIpc) is 2.64. The van der Waals surface area contributed by atoms with Crippen molar-refractivity contribution in [2.24, 2.45) is 11.0 Å². The Balaban J connectivity index is 2.03. The number of esters is 1. The average molecular weight is 394 g/mol. The molecule has 1 saturated carbocycles. The van der Waals surface area contributed by atoms with E-state index in [1.165, 1.54) is 40.4 Å². The Labute approximate surface area is 165 Å². The second-order valence-corrected chi connectivity index (χ2v) is 6.97. The number of benzene rings is 1. The summed E-state index contributed by atoms with van der Waals surface area (Å²) in [6, 6.07) is 3.79. The highest BCUT2D eigenvalue weighted by molar-refractivity contribution is 7.80. The quantitative estimate of drug-likeness (QED) is 0.253. The van der Waals surface area contributed by atoms with E-state index in [0.717, 1.165) is 6.42 Å². The molecule has 1 fully saturated rings. The summed E-state index contributed by atoms with van der Waals surface area (Å²) in [6.07, 6.45) is 6.45. The summed E-state index contributed by atoms with van der Waals surface area (Å²) in [4.78, 5) is 11.3. The Morgan fingerprint density at radius 3 is 2.41 bits per heavy atom. The number of hydrogen-bond acceptors (Lipinski definition) is 6. The zero-order valence-corrected chi connectivity index (χ0v) is 17.0. The van der Waals surface area contributed by atoms with E-state index in [1.807, 2.05) is 0 Å². The van der Waals surface area contributed by atoms with Gasteiger partial charge in [-0.05, 0) is 43.1 Å². The highest BCUT2D eigenvalue weighted by Gasteiger charge is 2.21. The predicted molar refractivity (Wildman–Crippen MR) is 109 cm³/mol. The summed E-state index contributed by atoms with van der Waals surface area (Å²) in [6.45, 7) is 3.56. The zero-order chi connectivity index (χ0) is 19.8. The molecule has 27 heavy (non-hydrogen) atoms. The van der Waals surface area contributed by atoms with Crippen molar-refractivity contribution in [1.82, 2.24) is 10.7 Å². The van der Waals surface area contributed by atoms with Gasteiger partial charge in [-0.15, -0.1) is 0 Å². The smallest absolute Gasteiger partial charge is 0.308 e. The molecule has 2 rings (SSSR count). The minimum absolute atomic E-state index is 0.237. The zero-order valence-electron chi connectivity index (χ0n) is 16.2. The third-order valence-electron chi connectivity index (χ3n) is 4.54. The van der Waals surface area contributed by atoms with Gasteiger partial charge < -0.3 is 19.5 Å². The fourth-order valence-electron chi connectivity index (χ4n) is 3.12. The monoisotopic (exact) mass is 393 g/mol. The summed E-state index contributed by atoms with van der Waals surface area (Å²) in [5, 5.41) is 8.01. The van der Waals surface area contributed by atoms with Crippen molar-refractivity contribution in [2.75, 3.05) is 14.2 Å². The maximum Gasteiger partial charge on any atom is 0.308 e. The van der Waals surface area contributed by atoms with E-state index in [9.17, 15) is 4.79 Å². The molecule has 0 aromatic heterocycles. The van der Waals surface area contributed by atoms with Crippen molar-refractivity contribution in [3.63, 3.8) is 0 Å². The standard InChI is InChI=1S/C19H27N3O4S/c1-12-7-5-6-8-15(12)21-19(27)22-20-11-14-9-16(24-3)18(26-13(2)23)17(10-14)25-4/h9-12,15H,5-8H2,1-4H3,(H2,21,22,27)/b20-11-/t12-,15+/m1/s1. The van der Waals surface area contributed by atoms with Gasteiger partial charge in [-0.2, -0.15) is 5.10 Å². The Morgan fingerprint density at radius 2 is 1.85 bits per heavy atom. The number of hydrazone groups is 1. The fraction of sp³-hybridized carbons (Fsp3) is 0.526. The van der Waals surface area contributed by atoms with Gasteiger partial charge in [-0.1, -0.05) is 19.8 Å². The molecule has 1 aromatic rings. The first-order chi connectivity index (χ1) is 12.9. The van der Waals surface area contributed by atoms with Crippen LogP contribution in [0.2, 0.25) is 0 Å². The predicted octanol–water partition coefficient (Wildman–Crippen LogP) is 3.01. The molecule has 2 N–H and O–H groups in total. The third-order valence-corrected chi connectivity index (χ3v) is 4.75. The number of methoxy groups -OCH3 is 2. The van der Waals surface area contributed by atoms with Crippen molar-refractivity contribution in [3.8, 4) is 17.2 Å². The van der Waals surface area contributed by atoms with E-state index in [2.05, 4.69) is 22.8 Å². The topological polar surface area (TPSA) is 81.2 Å². The lowest BCUT2D eigenvalue weighted by atomic mass is 9.86. The number of ether oxygens (including phenoxy) is 3. The van der Waals surface area contributed by atoms with E-state index >= 15 is 0 Å². The number of carbonyl (C=O) groups excluding carboxylic acids is 1. The van der Waals surface area contributed by atoms with Crippen molar-refractivity contribution < 1.29 is 19.0 Å². The molecule has 1 aliphatic rings. The lowest BCUT2D eigenvalue weighted by Crippen LogP contribution is -2.44. The van der Waals surface area contributed by atoms with Crippen molar-refractivity contribution in [3.05, 3.63) is 17.7 Å². The molecule has 0 unspecified atom stereocenters. The molecule has 0 amide bonds. The summed E-state index contributed by atoms with van der Waals surface area (Å²) in [5.41, 5.74) is 3.55. The summed E-state index contributed by atoms with van der Waals surface area (Å²) >= 11 is 5.33. The normalized spacial score (nSPS) is 19.4. The molecule has 148 valence electrons. The highest BCUT2D eigenvalue weighted by atomic mass is 32.1. The van der Waals surface area contributed by atoms with Gasteiger partial charge in [0.2, 0.25) is 5.75 Å². The lowest BCUT2D eigenvalue weighted by molar-refractivity contribution is -0.132. The number of hydrogen-bond donors (Lipinski definition) is 2. The molecule has 0 heterocycles. The molecule has 0 aliphatic heterocycles. The van der Waals surface area contributed by atoms with Crippen LogP contribution in [0.1, 0.15) is 45.1 Å². The Hall–Kier alpha value is -2.35. The van der Waals surface area contributed by atoms with Gasteiger partial charge >= 0.3 is 5.97 Å². The fourth-order valence-corrected chi connectivity index (χ4v) is 3.32. The van der Waals surface area contributed by atoms with Crippen LogP contribution >= 0.6 is 12.2 Å². The molecule has 8 heteroatoms. The second-order valence-electron chi connectivity index (χ2n) is 6.56. The van der Waals surface area contributed by atoms with Crippen LogP contribution < -0.4 is 25.0 Å². The number of nitrogens with one attached hydrogen (secondary N) is 2. The van der Waals surface area contributed by atoms with Crippen LogP contribution in [0.4, 0.5) is 0 Å². The van der Waals surface area contributed by atoms with Crippen LogP contribution in [0.3, 0.4) is 0 Å². The van der Waals surface area contributed by atoms with Gasteiger partial charge in [0.05, 0.1) is 20.4 Å².